The van der Waals surface area contributed by atoms with Gasteiger partial charge in [0.25, 0.3) is 11.8 Å². The highest BCUT2D eigenvalue weighted by atomic mass is 16.7. The Hall–Kier alpha value is -12.0. The molecule has 31 heteroatoms. The third kappa shape index (κ3) is 18.7. The van der Waals surface area contributed by atoms with Crippen LogP contribution in [0.5, 0.6) is 34.5 Å². The van der Waals surface area contributed by atoms with Crippen LogP contribution in [0.3, 0.4) is 0 Å². The Morgan fingerprint density at radius 2 is 0.882 bits per heavy atom. The number of carbonyl (C=O) groups excluding carboxylic acids is 6. The van der Waals surface area contributed by atoms with Gasteiger partial charge in [-0.05, 0) is 211 Å². The SMILES string of the molecule is CC(C)=CCc1cc(C(=O)Nc2c(O)c3ccc(O[C@@H]4OC(C)(C)[C@H](CO)[C@@H](OC(=O)c5ccc(C)[nH]5)[C@H]4O)c(C)c3oc2=O)ccc1O.CC(C)=CCc1cc(C(=O)Nc2c(O)c3ccc(O[C@@H]4OC(C)(C)[C@H](CO)[C@@H](OC(N)=O)[C@H]4O)c(C)c3oc2=O)ccc1O.Cc1ccc(C(=O)OC(=O)c2ccc(C)[nH]2)[nH]1. The lowest BCUT2D eigenvalue weighted by molar-refractivity contribution is -0.291. The number of primary amides is 1. The molecular weight excluding hydrogens is 1430 g/mol. The number of hydrogen-bond donors (Lipinski definition) is 14. The molecule has 7 heterocycles. The molecule has 11 rings (SSSR count). The van der Waals surface area contributed by atoms with E-state index in [1.165, 1.54) is 67.6 Å². The van der Waals surface area contributed by atoms with Crippen LogP contribution >= 0.6 is 0 Å². The largest absolute Gasteiger partial charge is 0.508 e. The summed E-state index contributed by atoms with van der Waals surface area (Å²) in [6.45, 7) is 21.8. The number of nitrogens with one attached hydrogen (secondary N) is 5. The molecule has 0 radical (unpaired) electrons. The molecular formula is C79H88N6O25. The predicted octanol–water partition coefficient (Wildman–Crippen LogP) is 9.80. The second-order valence-electron chi connectivity index (χ2n) is 28.0. The maximum absolute atomic E-state index is 13.1. The highest BCUT2D eigenvalue weighted by Crippen LogP contribution is 2.43. The molecule has 8 atom stereocenters. The van der Waals surface area contributed by atoms with Gasteiger partial charge < -0.3 is 114 Å². The number of phenolic OH excluding ortho intramolecular Hbond substituents is 2. The fourth-order valence-corrected chi connectivity index (χ4v) is 12.3. The molecule has 0 spiro atoms. The number of aryl methyl sites for hydroxylation is 5. The summed E-state index contributed by atoms with van der Waals surface area (Å²) < 4.78 is 50.4. The number of nitrogens with two attached hydrogens (primary N) is 1. The van der Waals surface area contributed by atoms with Crippen LogP contribution in [0.15, 0.2) is 139 Å². The number of aromatic hydroxyl groups is 4. The lowest BCUT2D eigenvalue weighted by Crippen LogP contribution is -2.62. The summed E-state index contributed by atoms with van der Waals surface area (Å²) in [5.74, 6) is -5.98. The van der Waals surface area contributed by atoms with Gasteiger partial charge in [-0.25, -0.2) is 28.8 Å². The van der Waals surface area contributed by atoms with Crippen LogP contribution in [-0.2, 0) is 36.5 Å². The molecule has 31 nitrogen and oxygen atoms in total. The Kier molecular flexibility index (Phi) is 25.4. The topological polar surface area (TPSA) is 487 Å². The Morgan fingerprint density at radius 1 is 0.518 bits per heavy atom. The number of esters is 3. The number of aliphatic hydroxyl groups excluding tert-OH is 4. The van der Waals surface area contributed by atoms with Crippen LogP contribution in [-0.4, -0.2) is 153 Å². The van der Waals surface area contributed by atoms with E-state index >= 15 is 0 Å². The molecule has 2 saturated heterocycles. The van der Waals surface area contributed by atoms with Gasteiger partial charge in [0.15, 0.2) is 35.1 Å². The first-order valence-corrected chi connectivity index (χ1v) is 34.6. The Bertz CT molecular complexity index is 5110. The zero-order valence-corrected chi connectivity index (χ0v) is 62.4. The summed E-state index contributed by atoms with van der Waals surface area (Å²) in [7, 11) is 0. The summed E-state index contributed by atoms with van der Waals surface area (Å²) in [6.07, 6.45) is -4.92. The van der Waals surface area contributed by atoms with Crippen molar-refractivity contribution in [3.63, 3.8) is 0 Å². The van der Waals surface area contributed by atoms with Crippen molar-refractivity contribution in [1.29, 1.82) is 0 Å². The van der Waals surface area contributed by atoms with Crippen LogP contribution in [0.1, 0.15) is 147 Å². The van der Waals surface area contributed by atoms with Crippen molar-refractivity contribution >= 4 is 69.1 Å². The van der Waals surface area contributed by atoms with Crippen LogP contribution in [0.25, 0.3) is 21.9 Å². The quantitative estimate of drug-likeness (QED) is 0.0118. The minimum absolute atomic E-state index is 0.0134. The second-order valence-corrected chi connectivity index (χ2v) is 28.0. The Labute approximate surface area is 628 Å². The molecule has 9 aromatic rings. The molecule has 0 aliphatic carbocycles. The van der Waals surface area contributed by atoms with Gasteiger partial charge in [0, 0.05) is 39.3 Å². The van der Waals surface area contributed by atoms with Gasteiger partial charge in [-0.2, -0.15) is 0 Å². The zero-order chi connectivity index (χ0) is 80.7. The van der Waals surface area contributed by atoms with Crippen molar-refractivity contribution in [3.05, 3.63) is 209 Å². The number of allylic oxidation sites excluding steroid dienone is 4. The highest BCUT2D eigenvalue weighted by Gasteiger charge is 2.54. The molecule has 4 aromatic carbocycles. The molecule has 584 valence electrons. The molecule has 0 bridgehead atoms. The van der Waals surface area contributed by atoms with Crippen molar-refractivity contribution in [2.45, 2.75) is 151 Å². The van der Waals surface area contributed by atoms with Gasteiger partial charge in [0.1, 0.15) is 63.5 Å². The van der Waals surface area contributed by atoms with Gasteiger partial charge in [-0.1, -0.05) is 23.3 Å². The van der Waals surface area contributed by atoms with Crippen molar-refractivity contribution in [2.75, 3.05) is 23.8 Å². The van der Waals surface area contributed by atoms with E-state index in [0.717, 1.165) is 28.2 Å². The van der Waals surface area contributed by atoms with E-state index in [2.05, 4.69) is 25.6 Å². The number of amides is 3. The van der Waals surface area contributed by atoms with Gasteiger partial charge in [-0.15, -0.1) is 0 Å². The van der Waals surface area contributed by atoms with Gasteiger partial charge in [-0.3, -0.25) is 9.59 Å². The molecule has 0 unspecified atom stereocenters. The number of fused-ring (bicyclic) bond motifs is 2. The second kappa shape index (κ2) is 34.1. The van der Waals surface area contributed by atoms with E-state index in [-0.39, 0.29) is 84.3 Å². The third-order valence-corrected chi connectivity index (χ3v) is 18.5. The molecule has 2 aliphatic heterocycles. The summed E-state index contributed by atoms with van der Waals surface area (Å²) in [4.78, 5) is 108. The number of aliphatic hydroxyl groups is 4. The van der Waals surface area contributed by atoms with Crippen molar-refractivity contribution in [2.24, 2.45) is 17.6 Å². The van der Waals surface area contributed by atoms with Crippen LogP contribution in [0, 0.1) is 46.5 Å². The third-order valence-electron chi connectivity index (χ3n) is 18.5. The Balaban J connectivity index is 0.000000209. The molecule has 2 aliphatic rings. The molecule has 0 saturated carbocycles. The zero-order valence-electron chi connectivity index (χ0n) is 62.4. The van der Waals surface area contributed by atoms with Crippen LogP contribution in [0.2, 0.25) is 0 Å². The van der Waals surface area contributed by atoms with E-state index in [9.17, 15) is 79.2 Å². The Morgan fingerprint density at radius 3 is 1.22 bits per heavy atom. The maximum Gasteiger partial charge on any atom is 0.404 e. The number of benzene rings is 4. The smallest absolute Gasteiger partial charge is 0.404 e. The maximum atomic E-state index is 13.1. The number of carbonyl (C=O) groups is 6. The van der Waals surface area contributed by atoms with Gasteiger partial charge in [0.2, 0.25) is 12.6 Å². The molecule has 2 fully saturated rings. The van der Waals surface area contributed by atoms with E-state index < -0.39 is 143 Å². The minimum atomic E-state index is -1.55. The highest BCUT2D eigenvalue weighted by molar-refractivity contribution is 6.08. The van der Waals surface area contributed by atoms with E-state index in [0.29, 0.717) is 24.0 Å². The summed E-state index contributed by atoms with van der Waals surface area (Å²) in [5.41, 5.74) is 6.79. The van der Waals surface area contributed by atoms with E-state index in [1.54, 1.807) is 77.9 Å². The lowest BCUT2D eigenvalue weighted by Gasteiger charge is -2.47. The molecule has 110 heavy (non-hydrogen) atoms. The minimum Gasteiger partial charge on any atom is -0.508 e. The molecule has 3 amide bonds. The average molecular weight is 1520 g/mol. The number of phenols is 2. The summed E-state index contributed by atoms with van der Waals surface area (Å²) >= 11 is 0. The fourth-order valence-electron chi connectivity index (χ4n) is 12.3. The number of rotatable bonds is 19. The number of hydrogen-bond acceptors (Lipinski definition) is 25. The first-order valence-electron chi connectivity index (χ1n) is 34.6. The molecule has 15 N–H and O–H groups in total. The number of ether oxygens (including phenoxy) is 7. The fraction of sp³-hybridized carbons (Fsp3) is 0.342. The summed E-state index contributed by atoms with van der Waals surface area (Å²) in [5, 5.41) is 89.6. The number of aromatic nitrogens is 3. The number of H-pyrrole nitrogens is 3. The van der Waals surface area contributed by atoms with Crippen molar-refractivity contribution in [3.8, 4) is 34.5 Å². The predicted molar refractivity (Wildman–Crippen MR) is 398 cm³/mol. The lowest BCUT2D eigenvalue weighted by atomic mass is 9.81. The van der Waals surface area contributed by atoms with Crippen LogP contribution < -0.4 is 37.1 Å². The number of anilines is 2. The first-order chi connectivity index (χ1) is 51.8. The summed E-state index contributed by atoms with van der Waals surface area (Å²) in [6, 6.07) is 24.1. The molecule has 5 aromatic heterocycles. The van der Waals surface area contributed by atoms with Crippen molar-refractivity contribution in [1.82, 2.24) is 15.0 Å². The monoisotopic (exact) mass is 1520 g/mol. The average Bonchev–Trinajstić information content (AvgIpc) is 0.825. The van der Waals surface area contributed by atoms with Gasteiger partial charge >= 0.3 is 35.3 Å². The first kappa shape index (κ1) is 82.1. The van der Waals surface area contributed by atoms with E-state index in [4.69, 9.17) is 47.7 Å². The van der Waals surface area contributed by atoms with Crippen molar-refractivity contribution < 1.29 is 112 Å². The van der Waals surface area contributed by atoms with Gasteiger partial charge in [0.05, 0.1) is 47.0 Å². The van der Waals surface area contributed by atoms with Crippen LogP contribution in [0.4, 0.5) is 16.2 Å². The standard InChI is InChI=1S/C36H40N2O11.C31H36N2O11.C12H12N2O3/c1-17(2)7-9-20-15-21(10-13-25(20)40)32(43)38-27-28(41)22-11-14-26(19(4)30(22)47-34(27)45)46-35-29(42)31(23(16-39)36(5,6)49-35)48-33(44)24-12-8-18(3)37-24;1-14(2)6-7-16-12-17(8-10-20(16)35)27(38)33-22-23(36)18-9-11-21(15(3)25(18)42-28(22)39)41-29-24(37)26(43-30(32)40)19(13-34)31(4,5)44-29;1-7-3-5-9(13-7)11(15)17-12(16)10-6-4-8(2)14-10/h7-8,10-15,23,29,31,35,37,39-42H,9,16H2,1-6H3,(H,38,43);6,8-12,19,24,26,29,34-37H,7,13H2,1-5H3,(H2,32,40)(H,33,38);3-6,13-14H,1-2H3/t23-,29-,31-,35-;19-,24-,26-,29-;/m11./s1. The number of aromatic amines is 3. The van der Waals surface area contributed by atoms with E-state index in [1.807, 2.05) is 53.7 Å². The normalized spacial score (nSPS) is 18.9.